The van der Waals surface area contributed by atoms with E-state index in [2.05, 4.69) is 20.1 Å². The van der Waals surface area contributed by atoms with Crippen LogP contribution in [-0.2, 0) is 10.0 Å². The molecule has 3 aromatic heterocycles. The van der Waals surface area contributed by atoms with Gasteiger partial charge in [-0.3, -0.25) is 4.98 Å². The lowest BCUT2D eigenvalue weighted by Crippen LogP contribution is -2.48. The smallest absolute Gasteiger partial charge is 0.252 e. The first-order valence-electron chi connectivity index (χ1n) is 8.60. The highest BCUT2D eigenvalue weighted by atomic mass is 32.2. The van der Waals surface area contributed by atoms with Crippen molar-refractivity contribution in [3.8, 4) is 11.3 Å². The largest absolute Gasteiger partial charge is 0.352 e. The minimum absolute atomic E-state index is 0.411. The molecule has 0 atom stereocenters. The normalized spacial score (nSPS) is 15.8. The van der Waals surface area contributed by atoms with Crippen molar-refractivity contribution in [2.45, 2.75) is 11.1 Å². The average Bonchev–Trinajstić information content (AvgIpc) is 3.16. The van der Waals surface area contributed by atoms with Gasteiger partial charge < -0.3 is 4.90 Å². The molecule has 4 rings (SSSR count). The van der Waals surface area contributed by atoms with Crippen molar-refractivity contribution < 1.29 is 8.42 Å². The fraction of sp³-hybridized carbons (Fsp3) is 0.278. The summed E-state index contributed by atoms with van der Waals surface area (Å²) in [5, 5.41) is 8.59. The average molecular weight is 402 g/mol. The summed E-state index contributed by atoms with van der Waals surface area (Å²) in [6.07, 6.45) is 3.47. The molecule has 1 saturated heterocycles. The first-order valence-corrected chi connectivity index (χ1v) is 10.9. The molecule has 0 spiro atoms. The van der Waals surface area contributed by atoms with Crippen molar-refractivity contribution in [3.05, 3.63) is 53.7 Å². The number of piperazine rings is 1. The molecule has 0 radical (unpaired) electrons. The summed E-state index contributed by atoms with van der Waals surface area (Å²) >= 11 is 1.31. The van der Waals surface area contributed by atoms with Gasteiger partial charge in [0.2, 0.25) is 0 Å². The first kappa shape index (κ1) is 18.0. The van der Waals surface area contributed by atoms with Crippen molar-refractivity contribution in [1.29, 1.82) is 0 Å². The zero-order valence-corrected chi connectivity index (χ0v) is 16.4. The van der Waals surface area contributed by atoms with E-state index in [9.17, 15) is 8.42 Å². The van der Waals surface area contributed by atoms with Gasteiger partial charge in [-0.1, -0.05) is 0 Å². The SMILES string of the molecule is Cc1ccc(S(=O)(=O)N2CCN(c3ccc(-c4cccnc4)nn3)CC2)s1. The van der Waals surface area contributed by atoms with Crippen LogP contribution in [0.25, 0.3) is 11.3 Å². The summed E-state index contributed by atoms with van der Waals surface area (Å²) in [5.74, 6) is 0.756. The molecule has 0 aromatic carbocycles. The Morgan fingerprint density at radius 2 is 1.81 bits per heavy atom. The number of thiophene rings is 1. The number of nitrogens with zero attached hydrogens (tertiary/aromatic N) is 5. The second kappa shape index (κ2) is 7.34. The van der Waals surface area contributed by atoms with Gasteiger partial charge in [0.05, 0.1) is 5.69 Å². The number of aromatic nitrogens is 3. The van der Waals surface area contributed by atoms with E-state index in [1.54, 1.807) is 22.8 Å². The summed E-state index contributed by atoms with van der Waals surface area (Å²) in [6.45, 7) is 3.96. The van der Waals surface area contributed by atoms with Crippen LogP contribution in [0.2, 0.25) is 0 Å². The molecule has 1 aliphatic rings. The van der Waals surface area contributed by atoms with Crippen LogP contribution < -0.4 is 4.90 Å². The Morgan fingerprint density at radius 3 is 2.41 bits per heavy atom. The zero-order chi connectivity index (χ0) is 18.9. The molecular weight excluding hydrogens is 382 g/mol. The zero-order valence-electron chi connectivity index (χ0n) is 14.8. The lowest BCUT2D eigenvalue weighted by Gasteiger charge is -2.34. The van der Waals surface area contributed by atoms with Gasteiger partial charge in [0.1, 0.15) is 4.21 Å². The highest BCUT2D eigenvalue weighted by molar-refractivity contribution is 7.91. The van der Waals surface area contributed by atoms with Crippen LogP contribution in [-0.4, -0.2) is 54.1 Å². The molecule has 3 aromatic rings. The standard InChI is InChI=1S/C18H19N5O2S2/c1-14-4-7-18(26-14)27(24,25)23-11-9-22(10-12-23)17-6-5-16(20-21-17)15-3-2-8-19-13-15/h2-8,13H,9-12H2,1H3. The van der Waals surface area contributed by atoms with Crippen LogP contribution in [0.1, 0.15) is 4.88 Å². The number of anilines is 1. The monoisotopic (exact) mass is 401 g/mol. The molecule has 0 bridgehead atoms. The molecule has 0 saturated carbocycles. The Morgan fingerprint density at radius 1 is 1.00 bits per heavy atom. The number of aryl methyl sites for hydroxylation is 1. The van der Waals surface area contributed by atoms with Gasteiger partial charge in [-0.2, -0.15) is 4.31 Å². The molecule has 7 nitrogen and oxygen atoms in total. The van der Waals surface area contributed by atoms with E-state index in [1.807, 2.05) is 37.3 Å². The third-order valence-corrected chi connectivity index (χ3v) is 7.85. The lowest BCUT2D eigenvalue weighted by molar-refractivity contribution is 0.384. The molecule has 0 unspecified atom stereocenters. The number of hydrogen-bond acceptors (Lipinski definition) is 7. The molecular formula is C18H19N5O2S2. The van der Waals surface area contributed by atoms with Crippen LogP contribution >= 0.6 is 11.3 Å². The van der Waals surface area contributed by atoms with Crippen LogP contribution in [0.15, 0.2) is 53.0 Å². The summed E-state index contributed by atoms with van der Waals surface area (Å²) < 4.78 is 27.4. The Kier molecular flexibility index (Phi) is 4.90. The minimum Gasteiger partial charge on any atom is -0.352 e. The van der Waals surface area contributed by atoms with Crippen molar-refractivity contribution in [2.24, 2.45) is 0 Å². The molecule has 1 aliphatic heterocycles. The fourth-order valence-electron chi connectivity index (χ4n) is 3.00. The van der Waals surface area contributed by atoms with E-state index in [-0.39, 0.29) is 0 Å². The number of pyridine rings is 1. The topological polar surface area (TPSA) is 79.3 Å². The Bertz CT molecular complexity index is 1010. The van der Waals surface area contributed by atoms with Gasteiger partial charge in [0, 0.05) is 49.0 Å². The Labute approximate surface area is 162 Å². The Hall–Kier alpha value is -2.36. The maximum atomic E-state index is 12.7. The molecule has 0 N–H and O–H groups in total. The van der Waals surface area contributed by atoms with Crippen molar-refractivity contribution >= 4 is 27.2 Å². The highest BCUT2D eigenvalue weighted by Crippen LogP contribution is 2.26. The summed E-state index contributed by atoms with van der Waals surface area (Å²) in [7, 11) is -3.41. The van der Waals surface area contributed by atoms with Gasteiger partial charge in [0.25, 0.3) is 10.0 Å². The Balaban J connectivity index is 1.43. The number of rotatable bonds is 4. The fourth-order valence-corrected chi connectivity index (χ4v) is 5.86. The van der Waals surface area contributed by atoms with Gasteiger partial charge in [-0.25, -0.2) is 8.42 Å². The maximum Gasteiger partial charge on any atom is 0.252 e. The number of sulfonamides is 1. The van der Waals surface area contributed by atoms with E-state index < -0.39 is 10.0 Å². The molecule has 27 heavy (non-hydrogen) atoms. The van der Waals surface area contributed by atoms with Crippen LogP contribution in [0, 0.1) is 6.92 Å². The van der Waals surface area contributed by atoms with Crippen LogP contribution in [0.4, 0.5) is 5.82 Å². The number of hydrogen-bond donors (Lipinski definition) is 0. The third kappa shape index (κ3) is 3.71. The molecule has 0 amide bonds. The minimum atomic E-state index is -3.41. The predicted octanol–water partition coefficient (Wildman–Crippen LogP) is 2.42. The van der Waals surface area contributed by atoms with E-state index in [0.717, 1.165) is 22.0 Å². The molecule has 140 valence electrons. The maximum absolute atomic E-state index is 12.7. The van der Waals surface area contributed by atoms with Crippen LogP contribution in [0.5, 0.6) is 0 Å². The molecule has 4 heterocycles. The summed E-state index contributed by atoms with van der Waals surface area (Å²) in [6, 6.07) is 11.2. The summed E-state index contributed by atoms with van der Waals surface area (Å²) in [5.41, 5.74) is 1.68. The van der Waals surface area contributed by atoms with Crippen molar-refractivity contribution in [3.63, 3.8) is 0 Å². The van der Waals surface area contributed by atoms with Gasteiger partial charge in [-0.05, 0) is 43.3 Å². The van der Waals surface area contributed by atoms with Gasteiger partial charge in [-0.15, -0.1) is 21.5 Å². The molecule has 0 aliphatic carbocycles. The van der Waals surface area contributed by atoms with Crippen molar-refractivity contribution in [2.75, 3.05) is 31.1 Å². The van der Waals surface area contributed by atoms with E-state index in [0.29, 0.717) is 30.4 Å². The molecule has 9 heteroatoms. The molecule has 1 fully saturated rings. The van der Waals surface area contributed by atoms with E-state index >= 15 is 0 Å². The van der Waals surface area contributed by atoms with Crippen LogP contribution in [0.3, 0.4) is 0 Å². The van der Waals surface area contributed by atoms with Crippen molar-refractivity contribution in [1.82, 2.24) is 19.5 Å². The quantitative estimate of drug-likeness (QED) is 0.668. The van der Waals surface area contributed by atoms with Gasteiger partial charge in [0.15, 0.2) is 5.82 Å². The second-order valence-electron chi connectivity index (χ2n) is 6.27. The lowest BCUT2D eigenvalue weighted by atomic mass is 10.2. The van der Waals surface area contributed by atoms with E-state index in [1.165, 1.54) is 11.3 Å². The van der Waals surface area contributed by atoms with Gasteiger partial charge >= 0.3 is 0 Å². The third-order valence-electron chi connectivity index (χ3n) is 4.48. The second-order valence-corrected chi connectivity index (χ2v) is 9.73. The predicted molar refractivity (Wildman–Crippen MR) is 105 cm³/mol. The highest BCUT2D eigenvalue weighted by Gasteiger charge is 2.30. The van der Waals surface area contributed by atoms with E-state index in [4.69, 9.17) is 0 Å². The summed E-state index contributed by atoms with van der Waals surface area (Å²) in [4.78, 5) is 7.15. The first-order chi connectivity index (χ1) is 13.0.